The van der Waals surface area contributed by atoms with Gasteiger partial charge in [-0.3, -0.25) is 4.79 Å². The first kappa shape index (κ1) is 14.3. The number of carbonyl (C=O) groups is 1. The third-order valence-corrected chi connectivity index (χ3v) is 2.66. The van der Waals surface area contributed by atoms with Crippen LogP contribution in [0.4, 0.5) is 5.69 Å². The van der Waals surface area contributed by atoms with Gasteiger partial charge in [0.15, 0.2) is 0 Å². The van der Waals surface area contributed by atoms with E-state index >= 15 is 0 Å². The Bertz CT molecular complexity index is 407. The predicted molar refractivity (Wildman–Crippen MR) is 70.6 cm³/mol. The number of nitrogens with two attached hydrogens (primary N) is 1. The number of carbonyl (C=O) groups excluding carboxylic acids is 1. The highest BCUT2D eigenvalue weighted by Gasteiger charge is 2.09. The number of nitrogen functional groups attached to an aromatic ring is 1. The smallest absolute Gasteiger partial charge is 0.251 e. The fraction of sp³-hybridized carbons (Fsp3) is 0.462. The quantitative estimate of drug-likeness (QED) is 0.660. The molecule has 100 valence electrons. The molecule has 1 aromatic rings. The molecule has 0 aliphatic heterocycles. The molecule has 0 spiro atoms. The summed E-state index contributed by atoms with van der Waals surface area (Å²) in [5.41, 5.74) is 6.65. The van der Waals surface area contributed by atoms with Crippen LogP contribution in [0.2, 0.25) is 0 Å². The van der Waals surface area contributed by atoms with Gasteiger partial charge in [0.2, 0.25) is 0 Å². The number of methoxy groups -OCH3 is 1. The van der Waals surface area contributed by atoms with Crippen LogP contribution >= 0.6 is 0 Å². The lowest BCUT2D eigenvalue weighted by Crippen LogP contribution is -2.28. The molecule has 0 heterocycles. The largest absolute Gasteiger partial charge is 0.497 e. The molecule has 1 amide bonds. The van der Waals surface area contributed by atoms with Crippen molar-refractivity contribution in [2.45, 2.75) is 13.3 Å². The van der Waals surface area contributed by atoms with Gasteiger partial charge >= 0.3 is 0 Å². The summed E-state index contributed by atoms with van der Waals surface area (Å²) in [6, 6.07) is 4.90. The summed E-state index contributed by atoms with van der Waals surface area (Å²) in [6.45, 7) is 2.62. The van der Waals surface area contributed by atoms with Crippen molar-refractivity contribution in [3.63, 3.8) is 0 Å². The minimum absolute atomic E-state index is 0.128. The number of benzene rings is 1. The van der Waals surface area contributed by atoms with E-state index in [0.717, 1.165) is 0 Å². The zero-order valence-corrected chi connectivity index (χ0v) is 10.8. The van der Waals surface area contributed by atoms with Crippen LogP contribution in [0.15, 0.2) is 18.2 Å². The van der Waals surface area contributed by atoms with Gasteiger partial charge in [-0.2, -0.15) is 0 Å². The van der Waals surface area contributed by atoms with Crippen molar-refractivity contribution in [3.05, 3.63) is 23.8 Å². The van der Waals surface area contributed by atoms with Gasteiger partial charge in [0.05, 0.1) is 7.11 Å². The number of amides is 1. The maximum absolute atomic E-state index is 11.9. The van der Waals surface area contributed by atoms with Crippen molar-refractivity contribution in [2.24, 2.45) is 5.92 Å². The predicted octanol–water partition coefficient (Wildman–Crippen LogP) is 1.03. The third kappa shape index (κ3) is 4.25. The van der Waals surface area contributed by atoms with Gasteiger partial charge in [0, 0.05) is 30.5 Å². The van der Waals surface area contributed by atoms with Crippen LogP contribution in [-0.2, 0) is 0 Å². The van der Waals surface area contributed by atoms with Crippen molar-refractivity contribution in [1.29, 1.82) is 0 Å². The Morgan fingerprint density at radius 2 is 2.22 bits per heavy atom. The molecular formula is C13H20N2O3. The number of hydrogen-bond acceptors (Lipinski definition) is 4. The molecule has 0 aromatic heterocycles. The molecule has 0 bridgehead atoms. The summed E-state index contributed by atoms with van der Waals surface area (Å²) >= 11 is 0. The van der Waals surface area contributed by atoms with Crippen LogP contribution in [0, 0.1) is 5.92 Å². The molecule has 1 rings (SSSR count). The Labute approximate surface area is 107 Å². The van der Waals surface area contributed by atoms with Gasteiger partial charge in [-0.1, -0.05) is 6.92 Å². The molecule has 4 N–H and O–H groups in total. The van der Waals surface area contributed by atoms with Crippen LogP contribution in [0.3, 0.4) is 0 Å². The summed E-state index contributed by atoms with van der Waals surface area (Å²) in [5.74, 6) is 0.607. The Morgan fingerprint density at radius 1 is 1.50 bits per heavy atom. The van der Waals surface area contributed by atoms with E-state index in [4.69, 9.17) is 15.6 Å². The van der Waals surface area contributed by atoms with Crippen LogP contribution in [0.5, 0.6) is 5.75 Å². The Balaban J connectivity index is 2.63. The number of ether oxygens (including phenoxy) is 1. The summed E-state index contributed by atoms with van der Waals surface area (Å²) in [4.78, 5) is 11.9. The normalized spacial score (nSPS) is 11.9. The molecule has 0 aliphatic rings. The average Bonchev–Trinajstić information content (AvgIpc) is 2.35. The van der Waals surface area contributed by atoms with Gasteiger partial charge in [0.25, 0.3) is 5.91 Å². The molecule has 1 unspecified atom stereocenters. The highest BCUT2D eigenvalue weighted by Crippen LogP contribution is 2.18. The van der Waals surface area contributed by atoms with E-state index in [2.05, 4.69) is 5.32 Å². The molecule has 5 heteroatoms. The standard InChI is InChI=1S/C13H20N2O3/c1-9(3-4-16)8-15-13(17)10-5-11(14)7-12(6-10)18-2/h5-7,9,16H,3-4,8,14H2,1-2H3,(H,15,17). The lowest BCUT2D eigenvalue weighted by Gasteiger charge is -2.12. The number of aliphatic hydroxyl groups excluding tert-OH is 1. The van der Waals surface area contributed by atoms with E-state index in [9.17, 15) is 4.79 Å². The van der Waals surface area contributed by atoms with Crippen molar-refractivity contribution in [1.82, 2.24) is 5.32 Å². The second kappa shape index (κ2) is 6.86. The number of aliphatic hydroxyl groups is 1. The molecular weight excluding hydrogens is 232 g/mol. The Morgan fingerprint density at radius 3 is 2.83 bits per heavy atom. The Kier molecular flexibility index (Phi) is 5.45. The molecule has 5 nitrogen and oxygen atoms in total. The second-order valence-corrected chi connectivity index (χ2v) is 4.32. The monoisotopic (exact) mass is 252 g/mol. The van der Waals surface area contributed by atoms with Crippen LogP contribution in [0.25, 0.3) is 0 Å². The van der Waals surface area contributed by atoms with E-state index < -0.39 is 0 Å². The molecule has 1 aromatic carbocycles. The lowest BCUT2D eigenvalue weighted by atomic mass is 10.1. The molecule has 0 saturated heterocycles. The van der Waals surface area contributed by atoms with E-state index in [1.165, 1.54) is 7.11 Å². The van der Waals surface area contributed by atoms with Gasteiger partial charge in [-0.05, 0) is 24.5 Å². The highest BCUT2D eigenvalue weighted by molar-refractivity contribution is 5.95. The van der Waals surface area contributed by atoms with Crippen molar-refractivity contribution in [3.8, 4) is 5.75 Å². The molecule has 0 radical (unpaired) electrons. The first-order valence-corrected chi connectivity index (χ1v) is 5.90. The minimum Gasteiger partial charge on any atom is -0.497 e. The van der Waals surface area contributed by atoms with Gasteiger partial charge < -0.3 is 20.9 Å². The zero-order chi connectivity index (χ0) is 13.5. The van der Waals surface area contributed by atoms with Crippen molar-refractivity contribution >= 4 is 11.6 Å². The van der Waals surface area contributed by atoms with E-state index in [1.807, 2.05) is 6.92 Å². The first-order valence-electron chi connectivity index (χ1n) is 5.90. The van der Waals surface area contributed by atoms with Crippen LogP contribution in [-0.4, -0.2) is 31.3 Å². The summed E-state index contributed by atoms with van der Waals surface area (Å²) < 4.78 is 5.06. The van der Waals surface area contributed by atoms with Gasteiger partial charge in [0.1, 0.15) is 5.75 Å². The molecule has 18 heavy (non-hydrogen) atoms. The van der Waals surface area contributed by atoms with Crippen molar-refractivity contribution < 1.29 is 14.6 Å². The molecule has 0 saturated carbocycles. The first-order chi connectivity index (χ1) is 8.56. The topological polar surface area (TPSA) is 84.6 Å². The number of anilines is 1. The summed E-state index contributed by atoms with van der Waals surface area (Å²) in [7, 11) is 1.53. The van der Waals surface area contributed by atoms with E-state index in [-0.39, 0.29) is 18.4 Å². The van der Waals surface area contributed by atoms with Crippen LogP contribution in [0.1, 0.15) is 23.7 Å². The fourth-order valence-electron chi connectivity index (χ4n) is 1.56. The van der Waals surface area contributed by atoms with Gasteiger partial charge in [-0.25, -0.2) is 0 Å². The maximum atomic E-state index is 11.9. The summed E-state index contributed by atoms with van der Waals surface area (Å²) in [6.07, 6.45) is 0.667. The van der Waals surface area contributed by atoms with E-state index in [0.29, 0.717) is 30.0 Å². The minimum atomic E-state index is -0.189. The average molecular weight is 252 g/mol. The molecule has 1 atom stereocenters. The summed E-state index contributed by atoms with van der Waals surface area (Å²) in [5, 5.41) is 11.6. The lowest BCUT2D eigenvalue weighted by molar-refractivity contribution is 0.0945. The number of hydrogen-bond donors (Lipinski definition) is 3. The fourth-order valence-corrected chi connectivity index (χ4v) is 1.56. The van der Waals surface area contributed by atoms with E-state index in [1.54, 1.807) is 18.2 Å². The Hall–Kier alpha value is -1.75. The highest BCUT2D eigenvalue weighted by atomic mass is 16.5. The molecule has 0 fully saturated rings. The van der Waals surface area contributed by atoms with Crippen molar-refractivity contribution in [2.75, 3.05) is 26.0 Å². The maximum Gasteiger partial charge on any atom is 0.251 e. The SMILES string of the molecule is COc1cc(N)cc(C(=O)NCC(C)CCO)c1. The third-order valence-electron chi connectivity index (χ3n) is 2.66. The van der Waals surface area contributed by atoms with Gasteiger partial charge in [-0.15, -0.1) is 0 Å². The van der Waals surface area contributed by atoms with Crippen LogP contribution < -0.4 is 15.8 Å². The number of nitrogens with one attached hydrogen (secondary N) is 1. The zero-order valence-electron chi connectivity index (χ0n) is 10.8. The number of rotatable bonds is 6. The molecule has 0 aliphatic carbocycles. The second-order valence-electron chi connectivity index (χ2n) is 4.32.